The highest BCUT2D eigenvalue weighted by molar-refractivity contribution is 5.68. The highest BCUT2D eigenvalue weighted by Gasteiger charge is 2.15. The van der Waals surface area contributed by atoms with E-state index in [0.29, 0.717) is 0 Å². The van der Waals surface area contributed by atoms with Crippen molar-refractivity contribution in [3.8, 4) is 17.2 Å². The Kier molecular flexibility index (Phi) is 7.40. The van der Waals surface area contributed by atoms with Crippen LogP contribution in [-0.2, 0) is 0 Å². The van der Waals surface area contributed by atoms with Crippen molar-refractivity contribution in [3.63, 3.8) is 0 Å². The van der Waals surface area contributed by atoms with Crippen LogP contribution in [0.2, 0.25) is 0 Å². The molecule has 0 aromatic heterocycles. The van der Waals surface area contributed by atoms with Crippen LogP contribution >= 0.6 is 0 Å². The van der Waals surface area contributed by atoms with Gasteiger partial charge in [0, 0.05) is 0 Å². The molecule has 0 aliphatic heterocycles. The topological polar surface area (TPSA) is 23.8 Å². The molecule has 1 atom stereocenters. The quantitative estimate of drug-likeness (QED) is 0.472. The van der Waals surface area contributed by atoms with Crippen molar-refractivity contribution in [2.45, 2.75) is 57.8 Å². The van der Waals surface area contributed by atoms with Crippen LogP contribution in [0.4, 0.5) is 0 Å². The Morgan fingerprint density at radius 2 is 1.48 bits per heavy atom. The molecule has 120 valence electrons. The van der Waals surface area contributed by atoms with E-state index in [-0.39, 0.29) is 5.92 Å². The van der Waals surface area contributed by atoms with E-state index in [2.05, 4.69) is 55.5 Å². The Bertz CT molecular complexity index is 609. The molecule has 23 heavy (non-hydrogen) atoms. The molecule has 0 N–H and O–H groups in total. The molecule has 0 heterocycles. The minimum atomic E-state index is -0.00224. The van der Waals surface area contributed by atoms with Gasteiger partial charge in [0.05, 0.1) is 12.0 Å². The van der Waals surface area contributed by atoms with Crippen LogP contribution < -0.4 is 0 Å². The highest BCUT2D eigenvalue weighted by atomic mass is 14.3. The van der Waals surface area contributed by atoms with Crippen molar-refractivity contribution >= 4 is 0 Å². The molecular formula is C22H27N. The molecule has 2 rings (SSSR count). The molecule has 0 aliphatic rings. The third-order valence-corrected chi connectivity index (χ3v) is 4.42. The molecule has 0 amide bonds. The largest absolute Gasteiger partial charge is 0.198 e. The fourth-order valence-corrected chi connectivity index (χ4v) is 3.10. The molecule has 2 aromatic rings. The summed E-state index contributed by atoms with van der Waals surface area (Å²) in [6, 6.07) is 21.3. The van der Waals surface area contributed by atoms with Crippen molar-refractivity contribution in [1.29, 1.82) is 5.26 Å². The van der Waals surface area contributed by atoms with Crippen molar-refractivity contribution in [2.24, 2.45) is 0 Å². The van der Waals surface area contributed by atoms with Gasteiger partial charge in [-0.3, -0.25) is 0 Å². The second kappa shape index (κ2) is 9.85. The monoisotopic (exact) mass is 305 g/mol. The maximum atomic E-state index is 9.64. The van der Waals surface area contributed by atoms with Crippen molar-refractivity contribution in [3.05, 3.63) is 60.2 Å². The van der Waals surface area contributed by atoms with E-state index in [4.69, 9.17) is 0 Å². The molecule has 1 nitrogen and oxygen atoms in total. The Morgan fingerprint density at radius 1 is 0.826 bits per heavy atom. The van der Waals surface area contributed by atoms with Gasteiger partial charge in [0.15, 0.2) is 0 Å². The van der Waals surface area contributed by atoms with Gasteiger partial charge in [-0.2, -0.15) is 5.26 Å². The predicted molar refractivity (Wildman–Crippen MR) is 98.2 cm³/mol. The zero-order chi connectivity index (χ0) is 16.3. The molecule has 1 heteroatoms. The number of hydrogen-bond acceptors (Lipinski definition) is 1. The van der Waals surface area contributed by atoms with E-state index in [1.165, 1.54) is 48.8 Å². The molecule has 1 unspecified atom stereocenters. The van der Waals surface area contributed by atoms with Crippen LogP contribution in [0, 0.1) is 11.3 Å². The van der Waals surface area contributed by atoms with Gasteiger partial charge in [-0.25, -0.2) is 0 Å². The van der Waals surface area contributed by atoms with Gasteiger partial charge in [0.25, 0.3) is 0 Å². The van der Waals surface area contributed by atoms with Crippen molar-refractivity contribution < 1.29 is 0 Å². The van der Waals surface area contributed by atoms with E-state index in [9.17, 15) is 5.26 Å². The van der Waals surface area contributed by atoms with Crippen molar-refractivity contribution in [1.82, 2.24) is 0 Å². The lowest BCUT2D eigenvalue weighted by molar-refractivity contribution is 0.576. The number of unbranched alkanes of at least 4 members (excludes halogenated alkanes) is 5. The van der Waals surface area contributed by atoms with E-state index < -0.39 is 0 Å². The minimum Gasteiger partial charge on any atom is -0.198 e. The summed E-state index contributed by atoms with van der Waals surface area (Å²) in [5.74, 6) is -0.00224. The number of nitriles is 1. The Morgan fingerprint density at radius 3 is 2.22 bits per heavy atom. The Hall–Kier alpha value is -2.07. The molecule has 0 aliphatic carbocycles. The summed E-state index contributed by atoms with van der Waals surface area (Å²) in [6.45, 7) is 2.24. The van der Waals surface area contributed by atoms with Crippen LogP contribution in [0.3, 0.4) is 0 Å². The zero-order valence-electron chi connectivity index (χ0n) is 14.2. The van der Waals surface area contributed by atoms with Gasteiger partial charge < -0.3 is 0 Å². The van der Waals surface area contributed by atoms with Crippen molar-refractivity contribution in [2.75, 3.05) is 0 Å². The van der Waals surface area contributed by atoms with Gasteiger partial charge in [0.2, 0.25) is 0 Å². The van der Waals surface area contributed by atoms with Crippen LogP contribution in [0.25, 0.3) is 11.1 Å². The Labute approximate surface area is 141 Å². The Balaban J connectivity index is 2.03. The molecule has 0 spiro atoms. The van der Waals surface area contributed by atoms with E-state index in [1.807, 2.05) is 12.1 Å². The fraction of sp³-hybridized carbons (Fsp3) is 0.409. The maximum Gasteiger partial charge on any atom is 0.0718 e. The molecule has 0 fully saturated rings. The number of hydrogen-bond donors (Lipinski definition) is 0. The maximum absolute atomic E-state index is 9.64. The van der Waals surface area contributed by atoms with E-state index in [0.717, 1.165) is 12.8 Å². The first kappa shape index (κ1) is 17.3. The molecule has 0 saturated carbocycles. The summed E-state index contributed by atoms with van der Waals surface area (Å²) < 4.78 is 0. The fourth-order valence-electron chi connectivity index (χ4n) is 3.10. The molecule has 0 saturated heterocycles. The van der Waals surface area contributed by atoms with Gasteiger partial charge in [0.1, 0.15) is 0 Å². The number of benzene rings is 2. The second-order valence-electron chi connectivity index (χ2n) is 6.19. The first-order valence-corrected chi connectivity index (χ1v) is 8.90. The summed E-state index contributed by atoms with van der Waals surface area (Å²) in [6.07, 6.45) is 8.59. The lowest BCUT2D eigenvalue weighted by Crippen LogP contribution is -1.99. The van der Waals surface area contributed by atoms with E-state index >= 15 is 0 Å². The molecule has 0 radical (unpaired) electrons. The summed E-state index contributed by atoms with van der Waals surface area (Å²) >= 11 is 0. The van der Waals surface area contributed by atoms with Crippen LogP contribution in [-0.4, -0.2) is 0 Å². The zero-order valence-corrected chi connectivity index (χ0v) is 14.2. The first-order valence-electron chi connectivity index (χ1n) is 8.90. The SMILES string of the molecule is CCCCCCCCC(C#N)c1ccccc1-c1ccccc1. The standard InChI is InChI=1S/C22H27N/c1-2-3-4-5-6-8-15-20(18-23)22-17-12-11-16-21(22)19-13-9-7-10-14-19/h7,9-14,16-17,20H,2-6,8,15H2,1H3. The summed E-state index contributed by atoms with van der Waals surface area (Å²) in [7, 11) is 0. The lowest BCUT2D eigenvalue weighted by Gasteiger charge is -2.15. The third kappa shape index (κ3) is 5.25. The molecule has 0 bridgehead atoms. The summed E-state index contributed by atoms with van der Waals surface area (Å²) in [5.41, 5.74) is 3.58. The predicted octanol–water partition coefficient (Wildman–Crippen LogP) is 6.71. The molecular weight excluding hydrogens is 278 g/mol. The number of rotatable bonds is 9. The van der Waals surface area contributed by atoms with Gasteiger partial charge in [-0.05, 0) is 23.1 Å². The smallest absolute Gasteiger partial charge is 0.0718 e. The minimum absolute atomic E-state index is 0.00224. The van der Waals surface area contributed by atoms with Gasteiger partial charge in [-0.15, -0.1) is 0 Å². The second-order valence-corrected chi connectivity index (χ2v) is 6.19. The highest BCUT2D eigenvalue weighted by Crippen LogP contribution is 2.31. The van der Waals surface area contributed by atoms with E-state index in [1.54, 1.807) is 0 Å². The molecule has 2 aromatic carbocycles. The number of nitrogens with zero attached hydrogens (tertiary/aromatic N) is 1. The average molecular weight is 305 g/mol. The van der Waals surface area contributed by atoms with Crippen LogP contribution in [0.1, 0.15) is 63.4 Å². The summed E-state index contributed by atoms with van der Waals surface area (Å²) in [5, 5.41) is 9.64. The lowest BCUT2D eigenvalue weighted by atomic mass is 9.88. The van der Waals surface area contributed by atoms with Crippen LogP contribution in [0.5, 0.6) is 0 Å². The normalized spacial score (nSPS) is 11.8. The van der Waals surface area contributed by atoms with Crippen LogP contribution in [0.15, 0.2) is 54.6 Å². The van der Waals surface area contributed by atoms with Gasteiger partial charge in [-0.1, -0.05) is 100 Å². The average Bonchev–Trinajstić information content (AvgIpc) is 2.62. The van der Waals surface area contributed by atoms with Gasteiger partial charge >= 0.3 is 0 Å². The first-order chi connectivity index (χ1) is 11.4. The summed E-state index contributed by atoms with van der Waals surface area (Å²) in [4.78, 5) is 0. The third-order valence-electron chi connectivity index (χ3n) is 4.42.